The summed E-state index contributed by atoms with van der Waals surface area (Å²) in [5.41, 5.74) is 0.344. The van der Waals surface area contributed by atoms with Crippen LogP contribution in [0.15, 0.2) is 53.4 Å². The van der Waals surface area contributed by atoms with Crippen LogP contribution in [-0.4, -0.2) is 29.7 Å². The van der Waals surface area contributed by atoms with Crippen LogP contribution in [0.3, 0.4) is 0 Å². The molecule has 2 aromatic carbocycles. The van der Waals surface area contributed by atoms with Crippen LogP contribution in [0.5, 0.6) is 0 Å². The minimum absolute atomic E-state index is 0.0264. The van der Waals surface area contributed by atoms with Crippen molar-refractivity contribution in [2.45, 2.75) is 11.4 Å². The number of hydrogen-bond acceptors (Lipinski definition) is 4. The molecule has 0 bridgehead atoms. The van der Waals surface area contributed by atoms with Gasteiger partial charge in [-0.2, -0.15) is 0 Å². The average molecular weight is 317 g/mol. The van der Waals surface area contributed by atoms with Crippen molar-refractivity contribution in [1.29, 1.82) is 0 Å². The van der Waals surface area contributed by atoms with E-state index in [2.05, 4.69) is 0 Å². The molecule has 1 amide bonds. The van der Waals surface area contributed by atoms with Crippen molar-refractivity contribution >= 4 is 21.9 Å². The fourth-order valence-electron chi connectivity index (χ4n) is 2.41. The predicted octanol–water partition coefficient (Wildman–Crippen LogP) is 1.73. The summed E-state index contributed by atoms with van der Waals surface area (Å²) in [6, 6.07) is 11.9. The molecule has 7 heteroatoms. The number of benzene rings is 2. The maximum absolute atomic E-state index is 12.4. The molecule has 0 spiro atoms. The quantitative estimate of drug-likeness (QED) is 0.931. The minimum Gasteiger partial charge on any atom is -0.478 e. The fraction of sp³-hybridized carbons (Fsp3) is 0.0667. The van der Waals surface area contributed by atoms with Gasteiger partial charge in [-0.3, -0.25) is 4.79 Å². The van der Waals surface area contributed by atoms with Gasteiger partial charge in [-0.15, -0.1) is 0 Å². The smallest absolute Gasteiger partial charge is 0.336 e. The lowest BCUT2D eigenvalue weighted by Gasteiger charge is -2.16. The molecular formula is C15H11NO5S. The normalized spacial score (nSPS) is 15.6. The zero-order valence-corrected chi connectivity index (χ0v) is 12.1. The Hall–Kier alpha value is -2.67. The second kappa shape index (κ2) is 4.96. The third-order valence-corrected chi connectivity index (χ3v) is 5.26. The number of carbonyl (C=O) groups is 2. The van der Waals surface area contributed by atoms with Crippen molar-refractivity contribution in [2.24, 2.45) is 0 Å². The van der Waals surface area contributed by atoms with Gasteiger partial charge in [0.2, 0.25) is 0 Å². The van der Waals surface area contributed by atoms with Crippen molar-refractivity contribution < 1.29 is 23.1 Å². The number of aromatic carboxylic acids is 1. The first-order valence-electron chi connectivity index (χ1n) is 6.40. The summed E-state index contributed by atoms with van der Waals surface area (Å²) >= 11 is 0. The molecular weight excluding hydrogens is 306 g/mol. The van der Waals surface area contributed by atoms with Crippen molar-refractivity contribution in [3.05, 3.63) is 65.2 Å². The van der Waals surface area contributed by atoms with Crippen molar-refractivity contribution in [3.8, 4) is 0 Å². The second-order valence-corrected chi connectivity index (χ2v) is 6.61. The Morgan fingerprint density at radius 1 is 1.05 bits per heavy atom. The minimum atomic E-state index is -3.95. The lowest BCUT2D eigenvalue weighted by Crippen LogP contribution is -2.30. The molecule has 1 aliphatic heterocycles. The van der Waals surface area contributed by atoms with Gasteiger partial charge in [0.05, 0.1) is 17.7 Å². The molecule has 22 heavy (non-hydrogen) atoms. The Balaban J connectivity index is 2.06. The number of hydrogen-bond donors (Lipinski definition) is 1. The molecule has 1 heterocycles. The van der Waals surface area contributed by atoms with E-state index in [4.69, 9.17) is 5.11 Å². The van der Waals surface area contributed by atoms with E-state index in [1.807, 2.05) is 0 Å². The van der Waals surface area contributed by atoms with Crippen LogP contribution < -0.4 is 0 Å². The van der Waals surface area contributed by atoms with Gasteiger partial charge in [0.25, 0.3) is 15.9 Å². The van der Waals surface area contributed by atoms with Crippen molar-refractivity contribution in [2.75, 3.05) is 0 Å². The molecule has 1 aliphatic rings. The highest BCUT2D eigenvalue weighted by Gasteiger charge is 2.41. The molecule has 0 radical (unpaired) electrons. The molecule has 112 valence electrons. The maximum atomic E-state index is 12.4. The highest BCUT2D eigenvalue weighted by molar-refractivity contribution is 7.90. The van der Waals surface area contributed by atoms with E-state index in [0.717, 1.165) is 0 Å². The van der Waals surface area contributed by atoms with E-state index in [1.165, 1.54) is 24.3 Å². The average Bonchev–Trinajstić information content (AvgIpc) is 2.69. The van der Waals surface area contributed by atoms with Crippen LogP contribution in [-0.2, 0) is 16.6 Å². The first-order chi connectivity index (χ1) is 10.4. The number of carboxylic acids is 1. The number of rotatable bonds is 3. The molecule has 0 atom stereocenters. The zero-order valence-electron chi connectivity index (χ0n) is 11.3. The number of sulfonamides is 1. The highest BCUT2D eigenvalue weighted by Crippen LogP contribution is 2.31. The molecule has 0 fully saturated rings. The third kappa shape index (κ3) is 2.06. The molecule has 1 N–H and O–H groups in total. The largest absolute Gasteiger partial charge is 0.478 e. The van der Waals surface area contributed by atoms with Crippen LogP contribution in [0, 0.1) is 0 Å². The SMILES string of the molecule is O=C(O)c1ccccc1CN1C(=O)c2ccccc2S1(=O)=O. The number of carbonyl (C=O) groups excluding carboxylic acids is 1. The monoisotopic (exact) mass is 317 g/mol. The number of nitrogens with zero attached hydrogens (tertiary/aromatic N) is 1. The Morgan fingerprint density at radius 3 is 2.36 bits per heavy atom. The molecule has 0 saturated carbocycles. The van der Waals surface area contributed by atoms with Gasteiger partial charge in [0.1, 0.15) is 4.90 Å². The first-order valence-corrected chi connectivity index (χ1v) is 7.84. The summed E-state index contributed by atoms with van der Waals surface area (Å²) in [6.45, 7) is -0.307. The number of carboxylic acid groups (broad SMARTS) is 1. The Labute approximate surface area is 126 Å². The van der Waals surface area contributed by atoms with E-state index < -0.39 is 21.9 Å². The highest BCUT2D eigenvalue weighted by atomic mass is 32.2. The second-order valence-electron chi connectivity index (χ2n) is 4.78. The van der Waals surface area contributed by atoms with Crippen LogP contribution in [0.1, 0.15) is 26.3 Å². The molecule has 2 aromatic rings. The topological polar surface area (TPSA) is 91.8 Å². The van der Waals surface area contributed by atoms with Crippen LogP contribution in [0.25, 0.3) is 0 Å². The molecule has 0 saturated heterocycles. The summed E-state index contributed by atoms with van der Waals surface area (Å²) in [4.78, 5) is 23.5. The van der Waals surface area contributed by atoms with E-state index in [0.29, 0.717) is 4.31 Å². The summed E-state index contributed by atoms with van der Waals surface area (Å²) in [7, 11) is -3.95. The van der Waals surface area contributed by atoms with Gasteiger partial charge in [-0.25, -0.2) is 17.5 Å². The molecule has 0 aromatic heterocycles. The zero-order chi connectivity index (χ0) is 15.9. The number of amides is 1. The van der Waals surface area contributed by atoms with Gasteiger partial charge in [0, 0.05) is 0 Å². The number of fused-ring (bicyclic) bond motifs is 1. The third-order valence-electron chi connectivity index (χ3n) is 3.47. The van der Waals surface area contributed by atoms with Crippen LogP contribution in [0.4, 0.5) is 0 Å². The molecule has 3 rings (SSSR count). The summed E-state index contributed by atoms with van der Waals surface area (Å²) in [5.74, 6) is -1.81. The molecule has 0 aliphatic carbocycles. The maximum Gasteiger partial charge on any atom is 0.336 e. The van der Waals surface area contributed by atoms with E-state index in [-0.39, 0.29) is 28.1 Å². The Bertz CT molecular complexity index is 888. The van der Waals surface area contributed by atoms with Crippen LogP contribution >= 0.6 is 0 Å². The summed E-state index contributed by atoms with van der Waals surface area (Å²) in [5, 5.41) is 9.16. The summed E-state index contributed by atoms with van der Waals surface area (Å²) < 4.78 is 25.6. The molecule has 0 unspecified atom stereocenters. The Morgan fingerprint density at radius 2 is 1.68 bits per heavy atom. The van der Waals surface area contributed by atoms with Crippen LogP contribution in [0.2, 0.25) is 0 Å². The van der Waals surface area contributed by atoms with Gasteiger partial charge >= 0.3 is 5.97 Å². The fourth-order valence-corrected chi connectivity index (χ4v) is 3.96. The molecule has 6 nitrogen and oxygen atoms in total. The van der Waals surface area contributed by atoms with Crippen molar-refractivity contribution in [1.82, 2.24) is 4.31 Å². The predicted molar refractivity (Wildman–Crippen MR) is 76.9 cm³/mol. The van der Waals surface area contributed by atoms with Gasteiger partial charge < -0.3 is 5.11 Å². The van der Waals surface area contributed by atoms with E-state index >= 15 is 0 Å². The standard InChI is InChI=1S/C15H11NO5S/c17-14-12-7-3-4-8-13(12)22(20,21)16(14)9-10-5-1-2-6-11(10)15(18)19/h1-8H,9H2,(H,18,19). The lowest BCUT2D eigenvalue weighted by molar-refractivity contribution is 0.0692. The van der Waals surface area contributed by atoms with E-state index in [1.54, 1.807) is 24.3 Å². The summed E-state index contributed by atoms with van der Waals surface area (Å²) in [6.07, 6.45) is 0. The van der Waals surface area contributed by atoms with Gasteiger partial charge in [-0.05, 0) is 23.8 Å². The van der Waals surface area contributed by atoms with Gasteiger partial charge in [0.15, 0.2) is 0 Å². The first kappa shape index (κ1) is 14.3. The Kier molecular flexibility index (Phi) is 3.22. The van der Waals surface area contributed by atoms with Gasteiger partial charge in [-0.1, -0.05) is 30.3 Å². The lowest BCUT2D eigenvalue weighted by atomic mass is 10.1. The van der Waals surface area contributed by atoms with Crippen molar-refractivity contribution in [3.63, 3.8) is 0 Å². The van der Waals surface area contributed by atoms with E-state index in [9.17, 15) is 18.0 Å².